The summed E-state index contributed by atoms with van der Waals surface area (Å²) in [7, 11) is 1.67. The number of ether oxygens (including phenoxy) is 1. The summed E-state index contributed by atoms with van der Waals surface area (Å²) in [5.41, 5.74) is 5.34. The van der Waals surface area contributed by atoms with Crippen LogP contribution in [0.15, 0.2) is 72.8 Å². The van der Waals surface area contributed by atoms with Crippen LogP contribution in [0.25, 0.3) is 17.2 Å². The fourth-order valence-corrected chi connectivity index (χ4v) is 2.84. The van der Waals surface area contributed by atoms with E-state index in [1.807, 2.05) is 24.3 Å². The van der Waals surface area contributed by atoms with Crippen molar-refractivity contribution in [2.24, 2.45) is 0 Å². The molecule has 1 N–H and O–H groups in total. The molecular weight excluding hydrogens is 348 g/mol. The van der Waals surface area contributed by atoms with E-state index in [1.165, 1.54) is 5.56 Å². The summed E-state index contributed by atoms with van der Waals surface area (Å²) in [5.74, 6) is 5.89. The van der Waals surface area contributed by atoms with Crippen LogP contribution < -0.4 is 4.74 Å². The van der Waals surface area contributed by atoms with Gasteiger partial charge in [-0.15, -0.1) is 0 Å². The smallest absolute Gasteiger partial charge is 0.335 e. The van der Waals surface area contributed by atoms with Gasteiger partial charge >= 0.3 is 5.97 Å². The van der Waals surface area contributed by atoms with Crippen molar-refractivity contribution in [3.63, 3.8) is 0 Å². The first kappa shape index (κ1) is 19.0. The quantitative estimate of drug-likeness (QED) is 0.624. The van der Waals surface area contributed by atoms with Gasteiger partial charge in [0, 0.05) is 11.1 Å². The summed E-state index contributed by atoms with van der Waals surface area (Å²) in [6.45, 7) is 2.06. The van der Waals surface area contributed by atoms with Gasteiger partial charge in [0.25, 0.3) is 0 Å². The Hall–Kier alpha value is -3.77. The first-order valence-electron chi connectivity index (χ1n) is 8.84. The highest BCUT2D eigenvalue weighted by atomic mass is 16.5. The SMILES string of the molecule is COc1cccc(C=CC#Cc2ccc(C(=O)O)cc2)c1-c1ccc(C)cc1. The van der Waals surface area contributed by atoms with E-state index in [2.05, 4.69) is 43.0 Å². The van der Waals surface area contributed by atoms with Gasteiger partial charge in [0.1, 0.15) is 5.75 Å². The maximum absolute atomic E-state index is 10.9. The van der Waals surface area contributed by atoms with Crippen molar-refractivity contribution in [2.75, 3.05) is 7.11 Å². The lowest BCUT2D eigenvalue weighted by Gasteiger charge is -2.12. The number of carbonyl (C=O) groups is 1. The Labute approximate surface area is 164 Å². The summed E-state index contributed by atoms with van der Waals surface area (Å²) in [4.78, 5) is 10.9. The molecule has 0 amide bonds. The average molecular weight is 368 g/mol. The molecule has 138 valence electrons. The van der Waals surface area contributed by atoms with E-state index in [1.54, 1.807) is 37.5 Å². The number of aryl methyl sites for hydroxylation is 1. The van der Waals surface area contributed by atoms with Gasteiger partial charge in [-0.25, -0.2) is 4.79 Å². The maximum Gasteiger partial charge on any atom is 0.335 e. The molecule has 0 saturated carbocycles. The molecule has 28 heavy (non-hydrogen) atoms. The fourth-order valence-electron chi connectivity index (χ4n) is 2.84. The number of methoxy groups -OCH3 is 1. The Morgan fingerprint density at radius 3 is 2.36 bits per heavy atom. The monoisotopic (exact) mass is 368 g/mol. The van der Waals surface area contributed by atoms with Crippen molar-refractivity contribution in [1.82, 2.24) is 0 Å². The highest BCUT2D eigenvalue weighted by Gasteiger charge is 2.09. The Bertz CT molecular complexity index is 1060. The van der Waals surface area contributed by atoms with E-state index in [-0.39, 0.29) is 5.56 Å². The molecule has 3 aromatic rings. The van der Waals surface area contributed by atoms with Crippen LogP contribution in [-0.4, -0.2) is 18.2 Å². The summed E-state index contributed by atoms with van der Waals surface area (Å²) < 4.78 is 5.56. The van der Waals surface area contributed by atoms with Crippen LogP contribution >= 0.6 is 0 Å². The molecule has 3 heteroatoms. The summed E-state index contributed by atoms with van der Waals surface area (Å²) >= 11 is 0. The van der Waals surface area contributed by atoms with Crippen LogP contribution in [0.5, 0.6) is 5.75 Å². The van der Waals surface area contributed by atoms with Crippen molar-refractivity contribution >= 4 is 12.0 Å². The predicted molar refractivity (Wildman–Crippen MR) is 112 cm³/mol. The number of hydrogen-bond acceptors (Lipinski definition) is 2. The van der Waals surface area contributed by atoms with Gasteiger partial charge in [-0.1, -0.05) is 53.8 Å². The molecule has 3 aromatic carbocycles. The number of aromatic carboxylic acids is 1. The Balaban J connectivity index is 1.88. The molecule has 0 saturated heterocycles. The lowest BCUT2D eigenvalue weighted by molar-refractivity contribution is 0.0697. The molecule has 0 aliphatic carbocycles. The molecule has 3 rings (SSSR count). The average Bonchev–Trinajstić information content (AvgIpc) is 2.72. The molecule has 0 heterocycles. The van der Waals surface area contributed by atoms with Gasteiger partial charge in [-0.05, 0) is 60.5 Å². The van der Waals surface area contributed by atoms with Crippen LogP contribution in [0, 0.1) is 18.8 Å². The summed E-state index contributed by atoms with van der Waals surface area (Å²) in [5, 5.41) is 8.94. The minimum atomic E-state index is -0.943. The maximum atomic E-state index is 10.9. The molecule has 0 aliphatic rings. The van der Waals surface area contributed by atoms with E-state index in [0.29, 0.717) is 0 Å². The van der Waals surface area contributed by atoms with E-state index in [4.69, 9.17) is 9.84 Å². The third-order valence-corrected chi connectivity index (χ3v) is 4.31. The number of benzene rings is 3. The van der Waals surface area contributed by atoms with Gasteiger partial charge in [-0.2, -0.15) is 0 Å². The summed E-state index contributed by atoms with van der Waals surface area (Å²) in [6.07, 6.45) is 3.74. The largest absolute Gasteiger partial charge is 0.496 e. The Morgan fingerprint density at radius 1 is 1.00 bits per heavy atom. The number of hydrogen-bond donors (Lipinski definition) is 1. The van der Waals surface area contributed by atoms with E-state index < -0.39 is 5.97 Å². The highest BCUT2D eigenvalue weighted by molar-refractivity contribution is 5.87. The second kappa shape index (κ2) is 8.75. The molecule has 3 nitrogen and oxygen atoms in total. The zero-order valence-corrected chi connectivity index (χ0v) is 15.8. The fraction of sp³-hybridized carbons (Fsp3) is 0.0800. The second-order valence-corrected chi connectivity index (χ2v) is 6.28. The zero-order valence-electron chi connectivity index (χ0n) is 15.8. The third-order valence-electron chi connectivity index (χ3n) is 4.31. The third kappa shape index (κ3) is 4.49. The van der Waals surface area contributed by atoms with E-state index >= 15 is 0 Å². The number of rotatable bonds is 4. The Kier molecular flexibility index (Phi) is 5.94. The molecule has 0 spiro atoms. The van der Waals surface area contributed by atoms with Crippen molar-refractivity contribution in [3.8, 4) is 28.7 Å². The van der Waals surface area contributed by atoms with Gasteiger partial charge in [-0.3, -0.25) is 0 Å². The first-order chi connectivity index (χ1) is 13.6. The minimum absolute atomic E-state index is 0.250. The van der Waals surface area contributed by atoms with Gasteiger partial charge in [0.2, 0.25) is 0 Å². The van der Waals surface area contributed by atoms with Gasteiger partial charge in [0.15, 0.2) is 0 Å². The Morgan fingerprint density at radius 2 is 1.71 bits per heavy atom. The topological polar surface area (TPSA) is 46.5 Å². The van der Waals surface area contributed by atoms with Gasteiger partial charge < -0.3 is 9.84 Å². The van der Waals surface area contributed by atoms with Crippen molar-refractivity contribution in [3.05, 3.63) is 95.1 Å². The number of allylic oxidation sites excluding steroid dienone is 1. The standard InChI is InChI=1S/C25H20O3/c1-18-10-14-21(15-11-18)24-20(8-5-9-23(24)28-2)7-4-3-6-19-12-16-22(17-13-19)25(26)27/h4-5,7-17H,1-2H3,(H,26,27). The minimum Gasteiger partial charge on any atom is -0.496 e. The summed E-state index contributed by atoms with van der Waals surface area (Å²) in [6, 6.07) is 20.8. The van der Waals surface area contributed by atoms with Crippen molar-refractivity contribution in [2.45, 2.75) is 6.92 Å². The molecule has 0 radical (unpaired) electrons. The molecule has 0 unspecified atom stereocenters. The molecule has 0 bridgehead atoms. The molecule has 0 aliphatic heterocycles. The highest BCUT2D eigenvalue weighted by Crippen LogP contribution is 2.34. The molecular formula is C25H20O3. The van der Waals surface area contributed by atoms with Crippen LogP contribution in [-0.2, 0) is 0 Å². The zero-order chi connectivity index (χ0) is 19.9. The normalized spacial score (nSPS) is 10.4. The van der Waals surface area contributed by atoms with Crippen LogP contribution in [0.4, 0.5) is 0 Å². The molecule has 0 aromatic heterocycles. The first-order valence-corrected chi connectivity index (χ1v) is 8.84. The molecule has 0 atom stereocenters. The lowest BCUT2D eigenvalue weighted by atomic mass is 9.97. The molecule has 0 fully saturated rings. The predicted octanol–water partition coefficient (Wildman–Crippen LogP) is 5.43. The van der Waals surface area contributed by atoms with Gasteiger partial charge in [0.05, 0.1) is 12.7 Å². The lowest BCUT2D eigenvalue weighted by Crippen LogP contribution is -1.94. The van der Waals surface area contributed by atoms with Crippen LogP contribution in [0.1, 0.15) is 27.0 Å². The van der Waals surface area contributed by atoms with E-state index in [9.17, 15) is 4.79 Å². The van der Waals surface area contributed by atoms with Crippen molar-refractivity contribution in [1.29, 1.82) is 0 Å². The number of carboxylic acids is 1. The van der Waals surface area contributed by atoms with Crippen molar-refractivity contribution < 1.29 is 14.6 Å². The van der Waals surface area contributed by atoms with E-state index in [0.717, 1.165) is 28.0 Å². The second-order valence-electron chi connectivity index (χ2n) is 6.28. The van der Waals surface area contributed by atoms with Crippen LogP contribution in [0.3, 0.4) is 0 Å². The van der Waals surface area contributed by atoms with Crippen LogP contribution in [0.2, 0.25) is 0 Å². The number of carboxylic acid groups (broad SMARTS) is 1.